The Morgan fingerprint density at radius 1 is 1.42 bits per heavy atom. The van der Waals surface area contributed by atoms with E-state index in [-0.39, 0.29) is 6.26 Å². The Morgan fingerprint density at radius 2 is 1.83 bits per heavy atom. The second kappa shape index (κ2) is 3.85. The van der Waals surface area contributed by atoms with Crippen LogP contribution >= 0.6 is 7.60 Å². The normalized spacial score (nSPS) is 13.6. The molecule has 0 unspecified atom stereocenters. The number of hydrogen-bond donors (Lipinski definition) is 3. The third kappa shape index (κ3) is 2.77. The van der Waals surface area contributed by atoms with Crippen LogP contribution in [0.5, 0.6) is 0 Å². The van der Waals surface area contributed by atoms with E-state index in [4.69, 9.17) is 14.9 Å². The van der Waals surface area contributed by atoms with Crippen molar-refractivity contribution in [2.45, 2.75) is 13.8 Å². The smallest absolute Gasteiger partial charge is 0.362 e. The largest absolute Gasteiger partial charge is 0.514 e. The number of allylic oxidation sites excluding steroid dienone is 1. The number of aliphatic hydroxyl groups excluding tert-OH is 1. The molecule has 0 atom stereocenters. The highest BCUT2D eigenvalue weighted by Crippen LogP contribution is 2.45. The van der Waals surface area contributed by atoms with Crippen molar-refractivity contribution in [3.63, 3.8) is 0 Å². The van der Waals surface area contributed by atoms with Crippen LogP contribution in [0, 0.1) is 5.92 Å². The van der Waals surface area contributed by atoms with Crippen LogP contribution in [0.1, 0.15) is 13.8 Å². The van der Waals surface area contributed by atoms with Crippen LogP contribution in [0.2, 0.25) is 0 Å². The zero-order valence-electron chi connectivity index (χ0n) is 6.76. The van der Waals surface area contributed by atoms with E-state index in [2.05, 4.69) is 0 Å². The van der Waals surface area contributed by atoms with Gasteiger partial charge in [0, 0.05) is 5.92 Å². The fraction of sp³-hybridized carbons (Fsp3) is 0.500. The topological polar surface area (TPSA) is 94.8 Å². The molecule has 12 heavy (non-hydrogen) atoms. The van der Waals surface area contributed by atoms with Gasteiger partial charge in [-0.15, -0.1) is 0 Å². The maximum absolute atomic E-state index is 11.0. The molecule has 0 amide bonds. The van der Waals surface area contributed by atoms with Crippen LogP contribution in [0.3, 0.4) is 0 Å². The monoisotopic (exact) mass is 194 g/mol. The lowest BCUT2D eigenvalue weighted by Gasteiger charge is -2.08. The van der Waals surface area contributed by atoms with Gasteiger partial charge in [0.15, 0.2) is 5.78 Å². The summed E-state index contributed by atoms with van der Waals surface area (Å²) < 4.78 is 10.6. The summed E-state index contributed by atoms with van der Waals surface area (Å²) in [6.45, 7) is 2.98. The zero-order valence-corrected chi connectivity index (χ0v) is 7.65. The van der Waals surface area contributed by atoms with Crippen molar-refractivity contribution < 1.29 is 24.3 Å². The van der Waals surface area contributed by atoms with E-state index in [0.717, 1.165) is 0 Å². The van der Waals surface area contributed by atoms with Gasteiger partial charge in [-0.3, -0.25) is 9.36 Å². The van der Waals surface area contributed by atoms with E-state index in [1.54, 1.807) is 0 Å². The molecule has 0 aliphatic heterocycles. The van der Waals surface area contributed by atoms with Gasteiger partial charge in [-0.25, -0.2) is 0 Å². The molecule has 0 spiro atoms. The summed E-state index contributed by atoms with van der Waals surface area (Å²) in [7, 11) is -4.62. The minimum atomic E-state index is -4.62. The molecule has 0 aliphatic carbocycles. The molecule has 0 aromatic heterocycles. The SMILES string of the molecule is CC(C)C(=O)C(=CO)P(=O)(O)O. The molecule has 0 aliphatic rings. The Kier molecular flexibility index (Phi) is 3.64. The summed E-state index contributed by atoms with van der Waals surface area (Å²) in [5, 5.41) is 7.57. The Balaban J connectivity index is 4.86. The first-order chi connectivity index (χ1) is 5.30. The Morgan fingerprint density at radius 3 is 1.92 bits per heavy atom. The average molecular weight is 194 g/mol. The molecule has 0 rings (SSSR count). The van der Waals surface area contributed by atoms with Gasteiger partial charge in [0.2, 0.25) is 0 Å². The van der Waals surface area contributed by atoms with Crippen LogP contribution in [0.15, 0.2) is 11.6 Å². The van der Waals surface area contributed by atoms with Gasteiger partial charge in [-0.05, 0) is 0 Å². The summed E-state index contributed by atoms with van der Waals surface area (Å²) in [6, 6.07) is 0. The molecule has 6 heteroatoms. The van der Waals surface area contributed by atoms with Gasteiger partial charge < -0.3 is 14.9 Å². The molecular weight excluding hydrogens is 183 g/mol. The molecule has 5 nitrogen and oxygen atoms in total. The lowest BCUT2D eigenvalue weighted by molar-refractivity contribution is -0.117. The summed E-state index contributed by atoms with van der Waals surface area (Å²) in [5.41, 5.74) is 0. The van der Waals surface area contributed by atoms with Gasteiger partial charge in [0.1, 0.15) is 5.31 Å². The Bertz CT molecular complexity index is 249. The van der Waals surface area contributed by atoms with Crippen LogP contribution < -0.4 is 0 Å². The summed E-state index contributed by atoms with van der Waals surface area (Å²) in [5.74, 6) is -1.29. The average Bonchev–Trinajstić information content (AvgIpc) is 1.85. The first kappa shape index (κ1) is 11.4. The molecule has 0 saturated heterocycles. The number of ketones is 1. The number of aliphatic hydroxyl groups is 1. The van der Waals surface area contributed by atoms with Crippen molar-refractivity contribution in [1.29, 1.82) is 0 Å². The highest BCUT2D eigenvalue weighted by molar-refractivity contribution is 7.58. The molecule has 0 aromatic rings. The van der Waals surface area contributed by atoms with E-state index in [9.17, 15) is 9.36 Å². The number of carbonyl (C=O) groups is 1. The lowest BCUT2D eigenvalue weighted by Crippen LogP contribution is -2.10. The zero-order chi connectivity index (χ0) is 9.94. The Labute approximate surface area is 69.9 Å². The van der Waals surface area contributed by atoms with Crippen LogP contribution in [0.4, 0.5) is 0 Å². The summed E-state index contributed by atoms with van der Waals surface area (Å²) >= 11 is 0. The fourth-order valence-corrected chi connectivity index (χ4v) is 1.27. The quantitative estimate of drug-likeness (QED) is 0.350. The number of hydrogen-bond acceptors (Lipinski definition) is 3. The maximum atomic E-state index is 11.0. The third-order valence-electron chi connectivity index (χ3n) is 1.21. The number of carbonyl (C=O) groups excluding carboxylic acids is 1. The Hall–Kier alpha value is -0.640. The van der Waals surface area contributed by atoms with Crippen molar-refractivity contribution in [2.24, 2.45) is 5.92 Å². The van der Waals surface area contributed by atoms with Gasteiger partial charge in [0.05, 0.1) is 6.26 Å². The molecular formula is C6H11O5P. The van der Waals surface area contributed by atoms with Gasteiger partial charge in [-0.1, -0.05) is 13.8 Å². The minimum absolute atomic E-state index is 0.170. The van der Waals surface area contributed by atoms with Gasteiger partial charge in [-0.2, -0.15) is 0 Å². The van der Waals surface area contributed by atoms with Crippen molar-refractivity contribution in [2.75, 3.05) is 0 Å². The van der Waals surface area contributed by atoms with Crippen LogP contribution in [0.25, 0.3) is 0 Å². The summed E-state index contributed by atoms with van der Waals surface area (Å²) in [6.07, 6.45) is 0.170. The standard InChI is InChI=1S/C6H11O5P/c1-4(2)6(8)5(3-7)12(9,10)11/h3-4,7H,1-2H3,(H2,9,10,11). The van der Waals surface area contributed by atoms with Crippen molar-refractivity contribution >= 4 is 13.4 Å². The summed E-state index contributed by atoms with van der Waals surface area (Å²) in [4.78, 5) is 28.1. The molecule has 0 heterocycles. The highest BCUT2D eigenvalue weighted by atomic mass is 31.2. The van der Waals surface area contributed by atoms with E-state index >= 15 is 0 Å². The molecule has 0 radical (unpaired) electrons. The van der Waals surface area contributed by atoms with Crippen LogP contribution in [-0.2, 0) is 9.36 Å². The van der Waals surface area contributed by atoms with Crippen molar-refractivity contribution in [1.82, 2.24) is 0 Å². The molecule has 70 valence electrons. The third-order valence-corrected chi connectivity index (χ3v) is 2.18. The molecule has 0 fully saturated rings. The highest BCUT2D eigenvalue weighted by Gasteiger charge is 2.29. The van der Waals surface area contributed by atoms with E-state index in [0.29, 0.717) is 0 Å². The molecule has 0 bridgehead atoms. The number of Topliss-reactive ketones (excluding diaryl/α,β-unsaturated/α-hetero) is 1. The second-order valence-electron chi connectivity index (χ2n) is 2.58. The van der Waals surface area contributed by atoms with Crippen molar-refractivity contribution in [3.05, 3.63) is 11.6 Å². The fourth-order valence-electron chi connectivity index (χ4n) is 0.578. The maximum Gasteiger partial charge on any atom is 0.362 e. The second-order valence-corrected chi connectivity index (χ2v) is 4.15. The lowest BCUT2D eigenvalue weighted by atomic mass is 10.1. The predicted octanol–water partition coefficient (Wildman–Crippen LogP) is 0.789. The van der Waals surface area contributed by atoms with Gasteiger partial charge >= 0.3 is 7.60 Å². The number of rotatable bonds is 3. The van der Waals surface area contributed by atoms with Crippen molar-refractivity contribution in [3.8, 4) is 0 Å². The van der Waals surface area contributed by atoms with E-state index in [1.165, 1.54) is 13.8 Å². The molecule has 0 aromatic carbocycles. The first-order valence-electron chi connectivity index (χ1n) is 3.25. The van der Waals surface area contributed by atoms with E-state index in [1.807, 2.05) is 0 Å². The minimum Gasteiger partial charge on any atom is -0.514 e. The predicted molar refractivity (Wildman–Crippen MR) is 42.6 cm³/mol. The molecule has 0 saturated carbocycles. The molecule has 3 N–H and O–H groups in total. The van der Waals surface area contributed by atoms with Gasteiger partial charge in [0.25, 0.3) is 0 Å². The van der Waals surface area contributed by atoms with Crippen LogP contribution in [-0.4, -0.2) is 20.7 Å². The van der Waals surface area contributed by atoms with E-state index < -0.39 is 24.6 Å². The first-order valence-corrected chi connectivity index (χ1v) is 4.86.